The van der Waals surface area contributed by atoms with Crippen LogP contribution in [0.25, 0.3) is 17.2 Å². The molecule has 1 aromatic heterocycles. The molecule has 1 spiro atoms. The molecule has 4 heterocycles. The molecule has 224 valence electrons. The van der Waals surface area contributed by atoms with E-state index >= 15 is 0 Å². The number of thiocarbonyl (C=S) groups is 1. The number of hydrogen-bond donors (Lipinski definition) is 0. The van der Waals surface area contributed by atoms with Crippen molar-refractivity contribution in [1.82, 2.24) is 9.80 Å². The number of fused-ring (bicyclic) bond motifs is 11. The van der Waals surface area contributed by atoms with Crippen LogP contribution in [-0.4, -0.2) is 63.4 Å². The van der Waals surface area contributed by atoms with Crippen molar-refractivity contribution in [1.29, 1.82) is 0 Å². The summed E-state index contributed by atoms with van der Waals surface area (Å²) >= 11 is 5.18. The maximum atomic E-state index is 13.4. The number of nitrogens with zero attached hydrogens (tertiary/aromatic N) is 3. The SMILES string of the molecule is CN1C(=O)C(=Cc2cc3c([se]2)N2c4ccccc4[Si](C)(C)c4cccc(c42)C32c3ccccc3-c3ccccc32)C(=O)N(C)C1=S. The van der Waals surface area contributed by atoms with Crippen LogP contribution in [0.4, 0.5) is 15.9 Å². The Morgan fingerprint density at radius 1 is 0.717 bits per heavy atom. The Kier molecular flexibility index (Phi) is 5.69. The van der Waals surface area contributed by atoms with E-state index in [1.165, 1.54) is 69.5 Å². The van der Waals surface area contributed by atoms with Crippen molar-refractivity contribution < 1.29 is 9.59 Å². The van der Waals surface area contributed by atoms with Gasteiger partial charge in [-0.2, -0.15) is 0 Å². The zero-order chi connectivity index (χ0) is 31.7. The minimum absolute atomic E-state index is 0.152. The van der Waals surface area contributed by atoms with Crippen molar-refractivity contribution in [3.05, 3.63) is 129 Å². The van der Waals surface area contributed by atoms with E-state index in [2.05, 4.69) is 115 Å². The molecule has 0 unspecified atom stereocenters. The first-order chi connectivity index (χ1) is 22.2. The second kappa shape index (κ2) is 9.36. The van der Waals surface area contributed by atoms with Crippen molar-refractivity contribution in [2.24, 2.45) is 0 Å². The van der Waals surface area contributed by atoms with Gasteiger partial charge in [0, 0.05) is 0 Å². The summed E-state index contributed by atoms with van der Waals surface area (Å²) in [7, 11) is 1.19. The van der Waals surface area contributed by atoms with Gasteiger partial charge >= 0.3 is 281 Å². The van der Waals surface area contributed by atoms with E-state index in [4.69, 9.17) is 12.2 Å². The monoisotopic (exact) mass is 699 g/mol. The molecule has 3 aliphatic heterocycles. The molecule has 2 amide bonds. The molecule has 5 nitrogen and oxygen atoms in total. The quantitative estimate of drug-likeness (QED) is 0.0967. The van der Waals surface area contributed by atoms with Gasteiger partial charge in [0.05, 0.1) is 0 Å². The second-order valence-corrected chi connectivity index (χ2v) is 19.9. The number of anilines is 3. The molecule has 5 aromatic rings. The predicted octanol–water partition coefficient (Wildman–Crippen LogP) is 5.62. The maximum absolute atomic E-state index is 13.4. The van der Waals surface area contributed by atoms with Gasteiger partial charge in [-0.15, -0.1) is 0 Å². The Morgan fingerprint density at radius 3 is 1.96 bits per heavy atom. The van der Waals surface area contributed by atoms with Crippen LogP contribution in [0, 0.1) is 0 Å². The summed E-state index contributed by atoms with van der Waals surface area (Å²) in [4.78, 5) is 32.2. The first-order valence-corrected chi connectivity index (χ1v) is 20.5. The summed E-state index contributed by atoms with van der Waals surface area (Å²) in [5, 5.41) is 3.08. The number of hydrogen-bond acceptors (Lipinski definition) is 4. The van der Waals surface area contributed by atoms with Crippen LogP contribution in [0.15, 0.2) is 103 Å². The predicted molar refractivity (Wildman–Crippen MR) is 192 cm³/mol. The van der Waals surface area contributed by atoms with Gasteiger partial charge in [0.1, 0.15) is 0 Å². The van der Waals surface area contributed by atoms with Gasteiger partial charge in [-0.1, -0.05) is 0 Å². The Hall–Kier alpha value is -4.33. The number of likely N-dealkylation sites (N-methyl/N-ethyl adjacent to an activating group) is 2. The third-order valence-corrected chi connectivity index (χ3v) is 16.7. The fourth-order valence-corrected chi connectivity index (χ4v) is 13.9. The number of para-hydroxylation sites is 2. The Morgan fingerprint density at radius 2 is 1.28 bits per heavy atom. The molecule has 4 aromatic carbocycles. The van der Waals surface area contributed by atoms with Crippen molar-refractivity contribution in [3.63, 3.8) is 0 Å². The molecule has 0 radical (unpaired) electrons. The van der Waals surface area contributed by atoms with Crippen molar-refractivity contribution in [2.75, 3.05) is 19.0 Å². The molecule has 1 aliphatic carbocycles. The van der Waals surface area contributed by atoms with Gasteiger partial charge in [-0.25, -0.2) is 0 Å². The number of carbonyl (C=O) groups is 2. The van der Waals surface area contributed by atoms with E-state index in [1.54, 1.807) is 14.1 Å². The van der Waals surface area contributed by atoms with E-state index in [9.17, 15) is 9.59 Å². The fraction of sp³-hybridized carbons (Fsp3) is 0.132. The van der Waals surface area contributed by atoms with Crippen LogP contribution >= 0.6 is 12.2 Å². The van der Waals surface area contributed by atoms with Crippen LogP contribution in [0.5, 0.6) is 0 Å². The van der Waals surface area contributed by atoms with Gasteiger partial charge in [-0.05, 0) is 0 Å². The van der Waals surface area contributed by atoms with Crippen molar-refractivity contribution >= 4 is 84.1 Å². The van der Waals surface area contributed by atoms with Crippen LogP contribution in [0.2, 0.25) is 13.1 Å². The molecular weight excluding hydrogens is 670 g/mol. The molecule has 4 aliphatic rings. The van der Waals surface area contributed by atoms with Crippen molar-refractivity contribution in [3.8, 4) is 11.1 Å². The number of rotatable bonds is 1. The van der Waals surface area contributed by atoms with E-state index in [1.807, 2.05) is 6.08 Å². The normalized spacial score (nSPS) is 17.9. The average Bonchev–Trinajstić information content (AvgIpc) is 3.63. The standard InChI is InChI=1S/C38H29N3O2SSeSi/c1-39-34(42)25(35(43)40(2)37(39)44)20-22-21-29-36(45-22)41-30-17-9-10-18-31(30)46(3,4)32-19-11-16-28(33(32)41)38(29)26-14-7-5-12-23(26)24-13-6-8-15-27(24)38/h5-21H,1-4H3. The minimum atomic E-state index is -2.07. The zero-order valence-electron chi connectivity index (χ0n) is 25.8. The van der Waals surface area contributed by atoms with Crippen LogP contribution in [0.3, 0.4) is 0 Å². The number of carbonyl (C=O) groups excluding carboxylic acids is 2. The summed E-state index contributed by atoms with van der Waals surface area (Å²) in [5.41, 5.74) is 9.78. The first kappa shape index (κ1) is 27.9. The van der Waals surface area contributed by atoms with E-state index in [-0.39, 0.29) is 37.0 Å². The molecule has 0 N–H and O–H groups in total. The first-order valence-electron chi connectivity index (χ1n) is 15.4. The molecule has 0 bridgehead atoms. The summed E-state index contributed by atoms with van der Waals surface area (Å²) in [6.45, 7) is 4.94. The second-order valence-electron chi connectivity index (χ2n) is 13.0. The molecule has 1 fully saturated rings. The Labute approximate surface area is 280 Å². The topological polar surface area (TPSA) is 43.9 Å². The summed E-state index contributed by atoms with van der Waals surface area (Å²) in [6.07, 6.45) is 1.83. The van der Waals surface area contributed by atoms with Crippen molar-refractivity contribution in [2.45, 2.75) is 18.5 Å². The molecule has 9 rings (SSSR count). The summed E-state index contributed by atoms with van der Waals surface area (Å²) in [5.74, 6) is -0.717. The Balaban J connectivity index is 1.41. The molecule has 0 atom stereocenters. The fourth-order valence-electron chi connectivity index (χ4n) is 8.25. The van der Waals surface area contributed by atoms with Crippen LogP contribution < -0.4 is 15.3 Å². The molecule has 1 saturated heterocycles. The average molecular weight is 699 g/mol. The number of benzene rings is 4. The zero-order valence-corrected chi connectivity index (χ0v) is 29.3. The summed E-state index contributed by atoms with van der Waals surface area (Å²) in [6, 6.07) is 35.8. The van der Waals surface area contributed by atoms with Crippen LogP contribution in [0.1, 0.15) is 26.7 Å². The van der Waals surface area contributed by atoms with Gasteiger partial charge in [-0.3, -0.25) is 0 Å². The van der Waals surface area contributed by atoms with E-state index < -0.39 is 13.5 Å². The van der Waals surface area contributed by atoms with Gasteiger partial charge in [0.25, 0.3) is 0 Å². The van der Waals surface area contributed by atoms with Gasteiger partial charge in [0.15, 0.2) is 0 Å². The van der Waals surface area contributed by atoms with Crippen LogP contribution in [-0.2, 0) is 15.0 Å². The molecule has 46 heavy (non-hydrogen) atoms. The van der Waals surface area contributed by atoms with Gasteiger partial charge in [0.2, 0.25) is 0 Å². The Bertz CT molecular complexity index is 2200. The van der Waals surface area contributed by atoms with Gasteiger partial charge < -0.3 is 0 Å². The third-order valence-electron chi connectivity index (χ3n) is 10.4. The van der Waals surface area contributed by atoms with E-state index in [0.717, 1.165) is 4.44 Å². The molecular formula is C38H29N3O2SSeSi. The van der Waals surface area contributed by atoms with E-state index in [0.29, 0.717) is 0 Å². The molecule has 8 heteroatoms. The molecule has 0 saturated carbocycles. The number of amides is 2. The summed E-state index contributed by atoms with van der Waals surface area (Å²) < 4.78 is 2.26. The third kappa shape index (κ3) is 3.27.